The first kappa shape index (κ1) is 8.39. The Morgan fingerprint density at radius 2 is 2.15 bits per heavy atom. The summed E-state index contributed by atoms with van der Waals surface area (Å²) in [6.07, 6.45) is 0. The first-order chi connectivity index (χ1) is 6.11. The molecule has 0 fully saturated rings. The van der Waals surface area contributed by atoms with Gasteiger partial charge in [-0.05, 0) is 6.92 Å². The quantitative estimate of drug-likeness (QED) is 0.630. The molecule has 7 heteroatoms. The lowest BCUT2D eigenvalue weighted by Gasteiger charge is -2.14. The van der Waals surface area contributed by atoms with E-state index in [1.807, 2.05) is 0 Å². The van der Waals surface area contributed by atoms with Gasteiger partial charge in [0.25, 0.3) is 5.88 Å². The van der Waals surface area contributed by atoms with E-state index in [0.717, 1.165) is 0 Å². The number of hydrogen-bond donors (Lipinski definition) is 2. The molecule has 2 N–H and O–H groups in total. The minimum absolute atomic E-state index is 0.0120. The van der Waals surface area contributed by atoms with Crippen LogP contribution in [0.5, 0.6) is 17.4 Å². The van der Waals surface area contributed by atoms with E-state index in [9.17, 15) is 14.4 Å². The monoisotopic (exact) mass is 205 g/mol. The molecule has 1 aromatic rings. The van der Waals surface area contributed by atoms with Crippen molar-refractivity contribution in [2.45, 2.75) is 13.7 Å². The largest absolute Gasteiger partial charge is 0.503 e. The van der Waals surface area contributed by atoms with Gasteiger partial charge in [0.15, 0.2) is 5.75 Å². The topological polar surface area (TPSA) is 80.9 Å². The third-order valence-corrected chi connectivity index (χ3v) is 2.44. The lowest BCUT2D eigenvalue weighted by molar-refractivity contribution is 0.194. The second-order valence-corrected chi connectivity index (χ2v) is 3.36. The van der Waals surface area contributed by atoms with Crippen LogP contribution < -0.4 is 4.18 Å². The van der Waals surface area contributed by atoms with Crippen LogP contribution in [0, 0.1) is 6.92 Å². The Labute approximate surface area is 76.2 Å². The molecule has 1 atom stereocenters. The zero-order valence-corrected chi connectivity index (χ0v) is 7.50. The van der Waals surface area contributed by atoms with Gasteiger partial charge in [0.2, 0.25) is 5.75 Å². The van der Waals surface area contributed by atoms with E-state index in [0.29, 0.717) is 5.69 Å². The fraction of sp³-hybridized carbons (Fsp3) is 0.333. The summed E-state index contributed by atoms with van der Waals surface area (Å²) in [5.74, 6) is -0.716. The van der Waals surface area contributed by atoms with Crippen LogP contribution >= 0.6 is 0 Å². The van der Waals surface area contributed by atoms with E-state index >= 15 is 0 Å². The van der Waals surface area contributed by atoms with Crippen LogP contribution in [0.3, 0.4) is 0 Å². The second kappa shape index (κ2) is 2.64. The molecule has 0 aromatic carbocycles. The highest BCUT2D eigenvalue weighted by atomic mass is 32.2. The van der Waals surface area contributed by atoms with Gasteiger partial charge in [-0.25, -0.2) is 4.18 Å². The molecule has 0 amide bonds. The molecular formula is C6H7NO5S. The van der Waals surface area contributed by atoms with Crippen molar-refractivity contribution < 1.29 is 22.8 Å². The first-order valence-corrected chi connectivity index (χ1v) is 4.45. The summed E-state index contributed by atoms with van der Waals surface area (Å²) in [7, 11) is 0. The van der Waals surface area contributed by atoms with Gasteiger partial charge in [0.05, 0.1) is 5.69 Å². The average molecular weight is 205 g/mol. The molecule has 1 aromatic heterocycles. The highest BCUT2D eigenvalue weighted by Gasteiger charge is 2.27. The van der Waals surface area contributed by atoms with Crippen LogP contribution in [0.4, 0.5) is 0 Å². The predicted molar refractivity (Wildman–Crippen MR) is 42.4 cm³/mol. The maximum atomic E-state index is 10.8. The summed E-state index contributed by atoms with van der Waals surface area (Å²) in [5, 5.41) is 18.6. The molecule has 6 nitrogen and oxygen atoms in total. The van der Waals surface area contributed by atoms with Crippen LogP contribution in [0.2, 0.25) is 0 Å². The molecule has 0 spiro atoms. The second-order valence-electron chi connectivity index (χ2n) is 2.55. The van der Waals surface area contributed by atoms with E-state index in [2.05, 4.69) is 8.37 Å². The molecule has 0 aliphatic carbocycles. The summed E-state index contributed by atoms with van der Waals surface area (Å²) in [6.45, 7) is 1.57. The first-order valence-electron chi connectivity index (χ1n) is 3.45. The van der Waals surface area contributed by atoms with Gasteiger partial charge in [0, 0.05) is 0 Å². The Kier molecular flexibility index (Phi) is 1.70. The molecule has 2 rings (SSSR count). The van der Waals surface area contributed by atoms with Crippen molar-refractivity contribution in [3.63, 3.8) is 0 Å². The van der Waals surface area contributed by atoms with Crippen LogP contribution in [-0.2, 0) is 22.3 Å². The third kappa shape index (κ3) is 1.08. The molecule has 0 saturated carbocycles. The van der Waals surface area contributed by atoms with Crippen molar-refractivity contribution in [3.8, 4) is 17.4 Å². The van der Waals surface area contributed by atoms with E-state index in [-0.39, 0.29) is 18.4 Å². The van der Waals surface area contributed by atoms with Gasteiger partial charge in [-0.15, -0.1) is 0 Å². The molecule has 0 bridgehead atoms. The van der Waals surface area contributed by atoms with E-state index in [1.165, 1.54) is 4.57 Å². The molecule has 1 unspecified atom stereocenters. The number of nitrogens with zero attached hydrogens (tertiary/aromatic N) is 1. The van der Waals surface area contributed by atoms with Crippen LogP contribution in [0.25, 0.3) is 0 Å². The standard InChI is InChI=1S/C6H7NO5S/c1-3-4(8)5(9)6-7(3)2-11-13(10)12-6/h8-9H,2H2,1H3. The number of hydrogen-bond acceptors (Lipinski definition) is 5. The Balaban J connectivity index is 2.59. The van der Waals surface area contributed by atoms with Crippen LogP contribution in [-0.4, -0.2) is 19.0 Å². The minimum Gasteiger partial charge on any atom is -0.503 e. The molecule has 13 heavy (non-hydrogen) atoms. The number of rotatable bonds is 0. The van der Waals surface area contributed by atoms with Crippen LogP contribution in [0.15, 0.2) is 0 Å². The predicted octanol–water partition coefficient (Wildman–Crippen LogP) is 0.153. The number of aromatic hydroxyl groups is 2. The normalized spacial score (nSPS) is 20.8. The van der Waals surface area contributed by atoms with Crippen LogP contribution in [0.1, 0.15) is 5.69 Å². The molecular weight excluding hydrogens is 198 g/mol. The SMILES string of the molecule is Cc1c(O)c(O)c2n1COS(=O)O2. The van der Waals surface area contributed by atoms with E-state index in [4.69, 9.17) is 0 Å². The van der Waals surface area contributed by atoms with Gasteiger partial charge in [-0.3, -0.25) is 4.57 Å². The summed E-state index contributed by atoms with van der Waals surface area (Å²) in [4.78, 5) is 0. The van der Waals surface area contributed by atoms with Gasteiger partial charge >= 0.3 is 11.4 Å². The maximum absolute atomic E-state index is 10.8. The molecule has 0 radical (unpaired) electrons. The number of fused-ring (bicyclic) bond motifs is 1. The minimum atomic E-state index is -1.90. The van der Waals surface area contributed by atoms with E-state index < -0.39 is 17.1 Å². The Bertz CT molecular complexity index is 385. The average Bonchev–Trinajstić information content (AvgIpc) is 2.32. The van der Waals surface area contributed by atoms with Gasteiger partial charge in [-0.1, -0.05) is 0 Å². The molecule has 72 valence electrons. The third-order valence-electron chi connectivity index (χ3n) is 1.84. The Hall–Kier alpha value is -1.21. The van der Waals surface area contributed by atoms with Crippen molar-refractivity contribution in [2.75, 3.05) is 0 Å². The molecule has 2 heterocycles. The fourth-order valence-corrected chi connectivity index (χ4v) is 1.64. The van der Waals surface area contributed by atoms with Crippen molar-refractivity contribution in [2.24, 2.45) is 0 Å². The summed E-state index contributed by atoms with van der Waals surface area (Å²) < 4.78 is 21.5. The van der Waals surface area contributed by atoms with Gasteiger partial charge in [0.1, 0.15) is 6.73 Å². The lowest BCUT2D eigenvalue weighted by atomic mass is 10.4. The Morgan fingerprint density at radius 1 is 1.46 bits per heavy atom. The highest BCUT2D eigenvalue weighted by Crippen LogP contribution is 2.42. The van der Waals surface area contributed by atoms with E-state index in [1.54, 1.807) is 6.92 Å². The molecule has 0 saturated heterocycles. The lowest BCUT2D eigenvalue weighted by Crippen LogP contribution is -2.18. The van der Waals surface area contributed by atoms with Gasteiger partial charge < -0.3 is 14.4 Å². The van der Waals surface area contributed by atoms with Gasteiger partial charge in [-0.2, -0.15) is 4.21 Å². The summed E-state index contributed by atoms with van der Waals surface area (Å²) in [6, 6.07) is 0. The Morgan fingerprint density at radius 3 is 2.85 bits per heavy atom. The van der Waals surface area contributed by atoms with Crippen molar-refractivity contribution >= 4 is 11.4 Å². The fourth-order valence-electron chi connectivity index (χ4n) is 1.10. The number of aromatic nitrogens is 1. The smallest absolute Gasteiger partial charge is 0.363 e. The van der Waals surface area contributed by atoms with Crippen molar-refractivity contribution in [1.82, 2.24) is 4.57 Å². The highest BCUT2D eigenvalue weighted by molar-refractivity contribution is 7.75. The zero-order chi connectivity index (χ0) is 9.59. The summed E-state index contributed by atoms with van der Waals surface area (Å²) >= 11 is -1.90. The van der Waals surface area contributed by atoms with Crippen molar-refractivity contribution in [3.05, 3.63) is 5.69 Å². The zero-order valence-electron chi connectivity index (χ0n) is 6.68. The summed E-state index contributed by atoms with van der Waals surface area (Å²) in [5.41, 5.74) is 0.407. The molecule has 1 aliphatic rings. The molecule has 1 aliphatic heterocycles. The maximum Gasteiger partial charge on any atom is 0.363 e. The van der Waals surface area contributed by atoms with Crippen molar-refractivity contribution in [1.29, 1.82) is 0 Å².